The number of hydrogen-bond acceptors (Lipinski definition) is 4. The molecule has 3 heterocycles. The predicted octanol–water partition coefficient (Wildman–Crippen LogP) is 0.553. The molecule has 1 fully saturated rings. The Kier molecular flexibility index (Phi) is 2.74. The molecule has 0 aromatic carbocycles. The molecule has 7 nitrogen and oxygen atoms in total. The van der Waals surface area contributed by atoms with Crippen LogP contribution in [0, 0.1) is 0 Å². The number of amides is 2. The van der Waals surface area contributed by atoms with Crippen molar-refractivity contribution in [2.24, 2.45) is 0 Å². The van der Waals surface area contributed by atoms with Crippen LogP contribution in [0.1, 0.15) is 34.9 Å². The Morgan fingerprint density at radius 3 is 2.95 bits per heavy atom. The first-order valence-corrected chi connectivity index (χ1v) is 6.11. The first-order chi connectivity index (χ1) is 9.58. The molecule has 7 heteroatoms. The highest BCUT2D eigenvalue weighted by Crippen LogP contribution is 2.28. The Hall–Kier alpha value is -2.70. The molecule has 1 aliphatic heterocycles. The molecule has 1 unspecified atom stereocenters. The van der Waals surface area contributed by atoms with E-state index in [0.717, 1.165) is 0 Å². The van der Waals surface area contributed by atoms with Crippen molar-refractivity contribution in [1.29, 1.82) is 0 Å². The quantitative estimate of drug-likeness (QED) is 0.778. The lowest BCUT2D eigenvalue weighted by molar-refractivity contribution is -0.134. The van der Waals surface area contributed by atoms with Gasteiger partial charge in [0.25, 0.3) is 0 Å². The van der Waals surface area contributed by atoms with Crippen LogP contribution in [0.3, 0.4) is 0 Å². The second-order valence-corrected chi connectivity index (χ2v) is 4.61. The largest absolute Gasteiger partial charge is 0.475 e. The van der Waals surface area contributed by atoms with Crippen molar-refractivity contribution < 1.29 is 19.5 Å². The molecule has 0 bridgehead atoms. The Labute approximate surface area is 113 Å². The average molecular weight is 273 g/mol. The van der Waals surface area contributed by atoms with Crippen molar-refractivity contribution in [3.05, 3.63) is 35.9 Å². The van der Waals surface area contributed by atoms with Crippen molar-refractivity contribution in [2.45, 2.75) is 18.8 Å². The topological polar surface area (TPSA) is 101 Å². The molecular weight excluding hydrogens is 262 g/mol. The van der Waals surface area contributed by atoms with Crippen molar-refractivity contribution in [3.63, 3.8) is 0 Å². The van der Waals surface area contributed by atoms with Crippen molar-refractivity contribution >= 4 is 23.3 Å². The van der Waals surface area contributed by atoms with E-state index in [1.807, 2.05) is 0 Å². The van der Waals surface area contributed by atoms with Crippen molar-refractivity contribution in [1.82, 2.24) is 14.7 Å². The minimum absolute atomic E-state index is 0.103. The van der Waals surface area contributed by atoms with E-state index in [2.05, 4.69) is 10.3 Å². The van der Waals surface area contributed by atoms with Gasteiger partial charge in [-0.2, -0.15) is 0 Å². The Morgan fingerprint density at radius 1 is 1.45 bits per heavy atom. The maximum Gasteiger partial charge on any atom is 0.372 e. The first kappa shape index (κ1) is 12.3. The van der Waals surface area contributed by atoms with Crippen LogP contribution >= 0.6 is 0 Å². The van der Waals surface area contributed by atoms with Gasteiger partial charge in [0.15, 0.2) is 0 Å². The standard InChI is InChI=1S/C13H11N3O4/c17-10-4-3-8(12(18)15-10)7-2-1-5-16-9(7)6-14-11(16)13(19)20/h1-2,5-6,8H,3-4H2,(H,19,20)(H,15,17,18). The van der Waals surface area contributed by atoms with Crippen LogP contribution in [0.4, 0.5) is 0 Å². The number of fused-ring (bicyclic) bond motifs is 1. The zero-order valence-corrected chi connectivity index (χ0v) is 10.4. The number of nitrogens with one attached hydrogen (secondary N) is 1. The summed E-state index contributed by atoms with van der Waals surface area (Å²) in [5, 5.41) is 11.4. The summed E-state index contributed by atoms with van der Waals surface area (Å²) in [5.74, 6) is -2.33. The van der Waals surface area contributed by atoms with Crippen molar-refractivity contribution in [3.8, 4) is 0 Å². The van der Waals surface area contributed by atoms with Gasteiger partial charge in [-0.25, -0.2) is 9.78 Å². The summed E-state index contributed by atoms with van der Waals surface area (Å²) in [4.78, 5) is 38.0. The molecule has 2 aromatic heterocycles. The van der Waals surface area contributed by atoms with Gasteiger partial charge in [0, 0.05) is 12.6 Å². The van der Waals surface area contributed by atoms with E-state index in [-0.39, 0.29) is 24.1 Å². The number of piperidine rings is 1. The van der Waals surface area contributed by atoms with Gasteiger partial charge in [-0.15, -0.1) is 0 Å². The second-order valence-electron chi connectivity index (χ2n) is 4.61. The van der Waals surface area contributed by atoms with Crippen molar-refractivity contribution in [2.75, 3.05) is 0 Å². The second kappa shape index (κ2) is 4.44. The van der Waals surface area contributed by atoms with Gasteiger partial charge in [-0.05, 0) is 18.1 Å². The lowest BCUT2D eigenvalue weighted by Gasteiger charge is -2.21. The van der Waals surface area contributed by atoms with Gasteiger partial charge >= 0.3 is 5.97 Å². The van der Waals surface area contributed by atoms with Crippen LogP contribution in [0.25, 0.3) is 5.52 Å². The fourth-order valence-corrected chi connectivity index (χ4v) is 2.49. The molecule has 1 atom stereocenters. The van der Waals surface area contributed by atoms with E-state index < -0.39 is 11.9 Å². The summed E-state index contributed by atoms with van der Waals surface area (Å²) < 4.78 is 1.43. The number of rotatable bonds is 2. The lowest BCUT2D eigenvalue weighted by Crippen LogP contribution is -2.39. The third kappa shape index (κ3) is 1.83. The van der Waals surface area contributed by atoms with Crippen LogP contribution < -0.4 is 5.32 Å². The van der Waals surface area contributed by atoms with Crippen LogP contribution in [0.2, 0.25) is 0 Å². The zero-order chi connectivity index (χ0) is 14.3. The number of aromatic nitrogens is 2. The normalized spacial score (nSPS) is 19.1. The average Bonchev–Trinajstić information content (AvgIpc) is 2.82. The summed E-state index contributed by atoms with van der Waals surface area (Å²) >= 11 is 0. The molecular formula is C13H11N3O4. The van der Waals surface area contributed by atoms with Crippen LogP contribution in [-0.2, 0) is 9.59 Å². The molecule has 102 valence electrons. The fourth-order valence-electron chi connectivity index (χ4n) is 2.49. The lowest BCUT2D eigenvalue weighted by atomic mass is 9.90. The Morgan fingerprint density at radius 2 is 2.25 bits per heavy atom. The number of imidazole rings is 1. The minimum Gasteiger partial charge on any atom is -0.475 e. The summed E-state index contributed by atoms with van der Waals surface area (Å²) in [5.41, 5.74) is 1.25. The number of hydrogen-bond donors (Lipinski definition) is 2. The highest BCUT2D eigenvalue weighted by atomic mass is 16.4. The number of aromatic carboxylic acids is 1. The molecule has 1 saturated heterocycles. The van der Waals surface area contributed by atoms with Gasteiger partial charge in [0.1, 0.15) is 0 Å². The number of carboxylic acids is 1. The molecule has 0 radical (unpaired) electrons. The predicted molar refractivity (Wildman–Crippen MR) is 67.3 cm³/mol. The van der Waals surface area contributed by atoms with E-state index in [1.54, 1.807) is 18.3 Å². The SMILES string of the molecule is O=C1CCC(c2cccn3c(C(=O)O)ncc23)C(=O)N1. The number of nitrogens with zero attached hydrogens (tertiary/aromatic N) is 2. The van der Waals surface area contributed by atoms with E-state index in [0.29, 0.717) is 17.5 Å². The number of pyridine rings is 1. The Bertz CT molecular complexity index is 734. The van der Waals surface area contributed by atoms with E-state index in [4.69, 9.17) is 5.11 Å². The molecule has 0 aliphatic carbocycles. The molecule has 3 rings (SSSR count). The van der Waals surface area contributed by atoms with E-state index in [9.17, 15) is 14.4 Å². The first-order valence-electron chi connectivity index (χ1n) is 6.11. The minimum atomic E-state index is -1.13. The van der Waals surface area contributed by atoms with Gasteiger partial charge in [-0.1, -0.05) is 6.07 Å². The molecule has 2 aromatic rings. The Balaban J connectivity index is 2.10. The highest BCUT2D eigenvalue weighted by molar-refractivity contribution is 6.01. The van der Waals surface area contributed by atoms with Gasteiger partial charge in [-0.3, -0.25) is 19.3 Å². The molecule has 1 aliphatic rings. The maximum atomic E-state index is 11.9. The summed E-state index contributed by atoms with van der Waals surface area (Å²) in [6, 6.07) is 3.42. The molecule has 2 N–H and O–H groups in total. The number of carbonyl (C=O) groups excluding carboxylic acids is 2. The van der Waals surface area contributed by atoms with E-state index >= 15 is 0 Å². The van der Waals surface area contributed by atoms with Crippen LogP contribution in [0.5, 0.6) is 0 Å². The summed E-state index contributed by atoms with van der Waals surface area (Å²) in [7, 11) is 0. The molecule has 2 amide bonds. The van der Waals surface area contributed by atoms with E-state index in [1.165, 1.54) is 10.6 Å². The van der Waals surface area contributed by atoms with Crippen LogP contribution in [-0.4, -0.2) is 32.3 Å². The molecule has 0 saturated carbocycles. The summed E-state index contributed by atoms with van der Waals surface area (Å²) in [6.07, 6.45) is 3.71. The monoisotopic (exact) mass is 273 g/mol. The smallest absolute Gasteiger partial charge is 0.372 e. The fraction of sp³-hybridized carbons (Fsp3) is 0.231. The number of imide groups is 1. The van der Waals surface area contributed by atoms with Gasteiger partial charge in [0.2, 0.25) is 17.6 Å². The third-order valence-corrected chi connectivity index (χ3v) is 3.41. The number of carbonyl (C=O) groups is 3. The van der Waals surface area contributed by atoms with Crippen LogP contribution in [0.15, 0.2) is 24.5 Å². The zero-order valence-electron chi connectivity index (χ0n) is 10.4. The molecule has 20 heavy (non-hydrogen) atoms. The maximum absolute atomic E-state index is 11.9. The number of carboxylic acid groups (broad SMARTS) is 1. The molecule has 0 spiro atoms. The van der Waals surface area contributed by atoms with Gasteiger partial charge in [0.05, 0.1) is 17.6 Å². The summed E-state index contributed by atoms with van der Waals surface area (Å²) in [6.45, 7) is 0. The highest BCUT2D eigenvalue weighted by Gasteiger charge is 2.29. The third-order valence-electron chi connectivity index (χ3n) is 3.41. The van der Waals surface area contributed by atoms with Gasteiger partial charge < -0.3 is 5.11 Å².